The van der Waals surface area contributed by atoms with Crippen LogP contribution in [0.3, 0.4) is 0 Å². The first kappa shape index (κ1) is 18.7. The number of benzene rings is 2. The van der Waals surface area contributed by atoms with Gasteiger partial charge in [-0.2, -0.15) is 0 Å². The number of halogens is 1. The minimum Gasteiger partial charge on any atom is -0.469 e. The van der Waals surface area contributed by atoms with Crippen molar-refractivity contribution in [3.63, 3.8) is 0 Å². The molecular formula is C23H24FNO3. The van der Waals surface area contributed by atoms with Crippen molar-refractivity contribution in [1.29, 1.82) is 0 Å². The van der Waals surface area contributed by atoms with Gasteiger partial charge < -0.3 is 9.47 Å². The number of aryl methyl sites for hydroxylation is 1. The lowest BCUT2D eigenvalue weighted by Crippen LogP contribution is -2.51. The number of esters is 1. The van der Waals surface area contributed by atoms with Gasteiger partial charge in [0.2, 0.25) is 0 Å². The molecule has 0 radical (unpaired) electrons. The summed E-state index contributed by atoms with van der Waals surface area (Å²) in [5.74, 6) is 1.04. The van der Waals surface area contributed by atoms with Crippen molar-refractivity contribution in [3.05, 3.63) is 65.0 Å². The zero-order valence-electron chi connectivity index (χ0n) is 16.2. The third-order valence-corrected chi connectivity index (χ3v) is 5.66. The summed E-state index contributed by atoms with van der Waals surface area (Å²) in [5, 5.41) is 0. The topological polar surface area (TPSA) is 38.8 Å². The highest BCUT2D eigenvalue weighted by Crippen LogP contribution is 2.35. The van der Waals surface area contributed by atoms with Crippen LogP contribution in [-0.2, 0) is 16.0 Å². The SMILES string of the molecule is COC(=O)C1CN(CC2=C(C)c3ccc(Oc4ccc(F)cc4)cc3CC2)C1. The minimum absolute atomic E-state index is 0.0213. The van der Waals surface area contributed by atoms with Crippen molar-refractivity contribution in [2.75, 3.05) is 26.7 Å². The van der Waals surface area contributed by atoms with Crippen molar-refractivity contribution in [2.24, 2.45) is 5.92 Å². The van der Waals surface area contributed by atoms with Gasteiger partial charge in [0.25, 0.3) is 0 Å². The molecule has 146 valence electrons. The number of carbonyl (C=O) groups is 1. The van der Waals surface area contributed by atoms with E-state index in [9.17, 15) is 9.18 Å². The molecule has 2 aromatic rings. The van der Waals surface area contributed by atoms with Crippen LogP contribution in [0.5, 0.6) is 11.5 Å². The molecule has 0 amide bonds. The Balaban J connectivity index is 1.44. The first-order valence-electron chi connectivity index (χ1n) is 9.59. The van der Waals surface area contributed by atoms with E-state index in [1.165, 1.54) is 41.5 Å². The number of methoxy groups -OCH3 is 1. The van der Waals surface area contributed by atoms with Crippen LogP contribution < -0.4 is 4.74 Å². The third-order valence-electron chi connectivity index (χ3n) is 5.66. The van der Waals surface area contributed by atoms with E-state index >= 15 is 0 Å². The van der Waals surface area contributed by atoms with E-state index in [4.69, 9.17) is 9.47 Å². The van der Waals surface area contributed by atoms with E-state index in [0.29, 0.717) is 5.75 Å². The zero-order chi connectivity index (χ0) is 19.7. The van der Waals surface area contributed by atoms with E-state index in [-0.39, 0.29) is 17.7 Å². The molecular weight excluding hydrogens is 357 g/mol. The Morgan fingerprint density at radius 3 is 2.54 bits per heavy atom. The fourth-order valence-corrected chi connectivity index (χ4v) is 3.99. The van der Waals surface area contributed by atoms with Gasteiger partial charge >= 0.3 is 5.97 Å². The Morgan fingerprint density at radius 1 is 1.11 bits per heavy atom. The number of hydrogen-bond acceptors (Lipinski definition) is 4. The van der Waals surface area contributed by atoms with Gasteiger partial charge in [-0.3, -0.25) is 9.69 Å². The van der Waals surface area contributed by atoms with Gasteiger partial charge in [0.05, 0.1) is 13.0 Å². The number of rotatable bonds is 5. The molecule has 0 unspecified atom stereocenters. The van der Waals surface area contributed by atoms with E-state index in [1.54, 1.807) is 12.1 Å². The average molecular weight is 381 g/mol. The van der Waals surface area contributed by atoms with Crippen molar-refractivity contribution in [3.8, 4) is 11.5 Å². The molecule has 0 N–H and O–H groups in total. The maximum Gasteiger partial charge on any atom is 0.311 e. The molecule has 1 aliphatic heterocycles. The predicted octanol–water partition coefficient (Wildman–Crippen LogP) is 4.44. The zero-order valence-corrected chi connectivity index (χ0v) is 16.2. The number of likely N-dealkylation sites (tertiary alicyclic amines) is 1. The van der Waals surface area contributed by atoms with E-state index in [0.717, 1.165) is 38.2 Å². The van der Waals surface area contributed by atoms with Crippen LogP contribution in [-0.4, -0.2) is 37.6 Å². The smallest absolute Gasteiger partial charge is 0.311 e. The number of nitrogens with zero attached hydrogens (tertiary/aromatic N) is 1. The molecule has 4 rings (SSSR count). The summed E-state index contributed by atoms with van der Waals surface area (Å²) in [6, 6.07) is 12.2. The second-order valence-electron chi connectivity index (χ2n) is 7.52. The third kappa shape index (κ3) is 3.80. The van der Waals surface area contributed by atoms with Gasteiger partial charge in [0, 0.05) is 19.6 Å². The normalized spacial score (nSPS) is 17.1. The Morgan fingerprint density at radius 2 is 1.82 bits per heavy atom. The molecule has 0 spiro atoms. The summed E-state index contributed by atoms with van der Waals surface area (Å²) in [4.78, 5) is 13.9. The fraction of sp³-hybridized carbons (Fsp3) is 0.348. The summed E-state index contributed by atoms with van der Waals surface area (Å²) in [6.45, 7) is 4.64. The summed E-state index contributed by atoms with van der Waals surface area (Å²) in [5.41, 5.74) is 5.29. The first-order chi connectivity index (χ1) is 13.5. The van der Waals surface area contributed by atoms with E-state index in [1.807, 2.05) is 6.07 Å². The fourth-order valence-electron chi connectivity index (χ4n) is 3.99. The van der Waals surface area contributed by atoms with Gasteiger partial charge in [0.1, 0.15) is 17.3 Å². The number of hydrogen-bond donors (Lipinski definition) is 0. The summed E-state index contributed by atoms with van der Waals surface area (Å²) < 4.78 is 23.7. The standard InChI is InChI=1S/C23H24FNO3/c1-15-17(12-25-13-18(14-25)23(26)27-2)4-3-16-11-21(9-10-22(15)16)28-20-7-5-19(24)6-8-20/h5-11,18H,3-4,12-14H2,1-2H3. The van der Waals surface area contributed by atoms with Crippen molar-refractivity contribution in [2.45, 2.75) is 19.8 Å². The van der Waals surface area contributed by atoms with Gasteiger partial charge in [0.15, 0.2) is 0 Å². The first-order valence-corrected chi connectivity index (χ1v) is 9.59. The van der Waals surface area contributed by atoms with Crippen LogP contribution in [0.2, 0.25) is 0 Å². The molecule has 0 atom stereocenters. The molecule has 1 fully saturated rings. The van der Waals surface area contributed by atoms with Crippen LogP contribution in [0.25, 0.3) is 5.57 Å². The lowest BCUT2D eigenvalue weighted by Gasteiger charge is -2.39. The molecule has 2 aromatic carbocycles. The van der Waals surface area contributed by atoms with Crippen LogP contribution >= 0.6 is 0 Å². The average Bonchev–Trinajstić information content (AvgIpc) is 2.67. The monoisotopic (exact) mass is 381 g/mol. The van der Waals surface area contributed by atoms with Gasteiger partial charge in [-0.05, 0) is 72.9 Å². The Bertz CT molecular complexity index is 914. The molecule has 1 heterocycles. The number of ether oxygens (including phenoxy) is 2. The highest BCUT2D eigenvalue weighted by molar-refractivity contribution is 5.74. The van der Waals surface area contributed by atoms with Gasteiger partial charge in [-0.1, -0.05) is 11.6 Å². The summed E-state index contributed by atoms with van der Waals surface area (Å²) in [7, 11) is 1.45. The highest BCUT2D eigenvalue weighted by Gasteiger charge is 2.34. The van der Waals surface area contributed by atoms with Crippen molar-refractivity contribution in [1.82, 2.24) is 4.90 Å². The lowest BCUT2D eigenvalue weighted by molar-refractivity contribution is -0.151. The summed E-state index contributed by atoms with van der Waals surface area (Å²) >= 11 is 0. The molecule has 0 saturated carbocycles. The summed E-state index contributed by atoms with van der Waals surface area (Å²) in [6.07, 6.45) is 1.98. The molecule has 5 heteroatoms. The highest BCUT2D eigenvalue weighted by atomic mass is 19.1. The Hall–Kier alpha value is -2.66. The van der Waals surface area contributed by atoms with Crippen LogP contribution in [0.1, 0.15) is 24.5 Å². The second kappa shape index (κ2) is 7.76. The molecule has 0 aromatic heterocycles. The number of carbonyl (C=O) groups excluding carboxylic acids is 1. The van der Waals surface area contributed by atoms with Crippen molar-refractivity contribution < 1.29 is 18.7 Å². The molecule has 2 aliphatic rings. The quantitative estimate of drug-likeness (QED) is 0.718. The van der Waals surface area contributed by atoms with Gasteiger partial charge in [-0.25, -0.2) is 4.39 Å². The Kier molecular flexibility index (Phi) is 5.18. The minimum atomic E-state index is -0.272. The molecule has 4 nitrogen and oxygen atoms in total. The molecule has 1 aliphatic carbocycles. The second-order valence-corrected chi connectivity index (χ2v) is 7.52. The van der Waals surface area contributed by atoms with Gasteiger partial charge in [-0.15, -0.1) is 0 Å². The maximum atomic E-state index is 13.0. The number of allylic oxidation sites excluding steroid dienone is 1. The number of fused-ring (bicyclic) bond motifs is 1. The largest absolute Gasteiger partial charge is 0.469 e. The van der Waals surface area contributed by atoms with E-state index in [2.05, 4.69) is 24.0 Å². The van der Waals surface area contributed by atoms with Crippen LogP contribution in [0.15, 0.2) is 48.0 Å². The van der Waals surface area contributed by atoms with Crippen molar-refractivity contribution >= 4 is 11.5 Å². The van der Waals surface area contributed by atoms with Crippen LogP contribution in [0, 0.1) is 11.7 Å². The lowest BCUT2D eigenvalue weighted by atomic mass is 9.85. The predicted molar refractivity (Wildman–Crippen MR) is 106 cm³/mol. The molecule has 28 heavy (non-hydrogen) atoms. The molecule has 1 saturated heterocycles. The maximum absolute atomic E-state index is 13.0. The molecule has 0 bridgehead atoms. The van der Waals surface area contributed by atoms with E-state index < -0.39 is 0 Å². The Labute approximate surface area is 164 Å². The van der Waals surface area contributed by atoms with Crippen LogP contribution in [0.4, 0.5) is 4.39 Å².